The van der Waals surface area contributed by atoms with Gasteiger partial charge < -0.3 is 19.9 Å². The molecule has 3 aromatic rings. The van der Waals surface area contributed by atoms with E-state index in [1.165, 1.54) is 11.8 Å². The molecule has 1 amide bonds. The summed E-state index contributed by atoms with van der Waals surface area (Å²) in [5.74, 6) is 0.380. The minimum atomic E-state index is -0.352. The number of hydrogen-bond donors (Lipinski definition) is 2. The van der Waals surface area contributed by atoms with E-state index in [1.54, 1.807) is 19.5 Å². The van der Waals surface area contributed by atoms with Gasteiger partial charge in [-0.1, -0.05) is 20.8 Å². The lowest BCUT2D eigenvalue weighted by atomic mass is 9.91. The Morgan fingerprint density at radius 3 is 2.47 bits per heavy atom. The molecule has 0 saturated heterocycles. The fraction of sp³-hybridized carbons (Fsp3) is 0.375. The summed E-state index contributed by atoms with van der Waals surface area (Å²) in [6.45, 7) is 6.37. The molecule has 0 saturated carbocycles. The van der Waals surface area contributed by atoms with Crippen LogP contribution in [0.1, 0.15) is 42.5 Å². The van der Waals surface area contributed by atoms with Gasteiger partial charge in [-0.15, -0.1) is 0 Å². The largest absolute Gasteiger partial charge is 0.496 e. The lowest BCUT2D eigenvalue weighted by Gasteiger charge is -2.16. The summed E-state index contributed by atoms with van der Waals surface area (Å²) < 4.78 is 12.2. The number of aliphatic imine (C=N–C) groups is 1. The van der Waals surface area contributed by atoms with Gasteiger partial charge in [-0.25, -0.2) is 15.0 Å². The number of nitrogens with zero attached hydrogens (tertiary/aromatic N) is 5. The normalized spacial score (nSPS) is 13.6. The SMILES string of the molecule is COc1ncc(-c2cc(C3=Nc4c(C(C)(C)C)nn(CCO)c4C(=O)NC3)ccc2OC)cn1. The third kappa shape index (κ3) is 4.36. The van der Waals surface area contributed by atoms with Gasteiger partial charge in [0.05, 0.1) is 45.3 Å². The molecule has 1 aromatic carbocycles. The van der Waals surface area contributed by atoms with Crippen LogP contribution in [0.25, 0.3) is 11.1 Å². The minimum absolute atomic E-state index is 0.132. The first-order valence-corrected chi connectivity index (χ1v) is 10.9. The maximum atomic E-state index is 13.0. The molecule has 0 bridgehead atoms. The second-order valence-electron chi connectivity index (χ2n) is 8.86. The van der Waals surface area contributed by atoms with Gasteiger partial charge in [0.1, 0.15) is 11.4 Å². The number of rotatable bonds is 6. The fourth-order valence-corrected chi connectivity index (χ4v) is 3.81. The first-order valence-electron chi connectivity index (χ1n) is 10.9. The highest BCUT2D eigenvalue weighted by atomic mass is 16.5. The van der Waals surface area contributed by atoms with Crippen LogP contribution in [0.4, 0.5) is 5.69 Å². The van der Waals surface area contributed by atoms with Crippen molar-refractivity contribution in [2.75, 3.05) is 27.4 Å². The maximum absolute atomic E-state index is 13.0. The molecule has 1 aliphatic rings. The average Bonchev–Trinajstić information content (AvgIpc) is 3.10. The van der Waals surface area contributed by atoms with Crippen LogP contribution < -0.4 is 14.8 Å². The second kappa shape index (κ2) is 9.22. The van der Waals surface area contributed by atoms with E-state index in [-0.39, 0.29) is 37.0 Å². The smallest absolute Gasteiger partial charge is 0.316 e. The van der Waals surface area contributed by atoms with Crippen molar-refractivity contribution in [2.45, 2.75) is 32.7 Å². The van der Waals surface area contributed by atoms with Gasteiger partial charge in [-0.05, 0) is 23.8 Å². The molecule has 3 heterocycles. The standard InChI is InChI=1S/C24H28N6O4/c1-24(2,3)21-19-20(30(29-21)8-9-31)22(32)25-13-17(28-19)14-6-7-18(33-4)16(10-14)15-11-26-23(34-5)27-12-15/h6-7,10-12,31H,8-9,13H2,1-5H3,(H,25,32). The van der Waals surface area contributed by atoms with E-state index in [0.717, 1.165) is 16.7 Å². The van der Waals surface area contributed by atoms with Gasteiger partial charge in [0.25, 0.3) is 5.91 Å². The Morgan fingerprint density at radius 1 is 1.12 bits per heavy atom. The highest BCUT2D eigenvalue weighted by Gasteiger charge is 2.32. The number of aromatic nitrogens is 4. The van der Waals surface area contributed by atoms with Crippen molar-refractivity contribution in [2.24, 2.45) is 4.99 Å². The van der Waals surface area contributed by atoms with Crippen LogP contribution in [0.2, 0.25) is 0 Å². The zero-order chi connectivity index (χ0) is 24.5. The van der Waals surface area contributed by atoms with Crippen LogP contribution in [0.15, 0.2) is 35.6 Å². The van der Waals surface area contributed by atoms with Crippen LogP contribution in [0.3, 0.4) is 0 Å². The van der Waals surface area contributed by atoms with Gasteiger partial charge >= 0.3 is 6.01 Å². The van der Waals surface area contributed by atoms with E-state index in [0.29, 0.717) is 28.5 Å². The maximum Gasteiger partial charge on any atom is 0.316 e. The lowest BCUT2D eigenvalue weighted by Crippen LogP contribution is -2.30. The minimum Gasteiger partial charge on any atom is -0.496 e. The number of methoxy groups -OCH3 is 2. The molecule has 2 aromatic heterocycles. The van der Waals surface area contributed by atoms with Crippen molar-refractivity contribution >= 4 is 17.3 Å². The number of fused-ring (bicyclic) bond motifs is 1. The number of aliphatic hydroxyl groups is 1. The number of amides is 1. The van der Waals surface area contributed by atoms with Crippen LogP contribution in [0.5, 0.6) is 11.8 Å². The molecule has 0 atom stereocenters. The molecule has 0 aliphatic carbocycles. The number of hydrogen-bond acceptors (Lipinski definition) is 8. The number of carbonyl (C=O) groups is 1. The Hall–Kier alpha value is -3.79. The molecule has 0 fully saturated rings. The van der Waals surface area contributed by atoms with E-state index >= 15 is 0 Å². The Kier molecular flexibility index (Phi) is 6.34. The Morgan fingerprint density at radius 2 is 1.85 bits per heavy atom. The molecule has 34 heavy (non-hydrogen) atoms. The topological polar surface area (TPSA) is 124 Å². The Bertz CT molecular complexity index is 1240. The molecule has 1 aliphatic heterocycles. The Balaban J connectivity index is 1.86. The molecule has 178 valence electrons. The van der Waals surface area contributed by atoms with Gasteiger partial charge in [0.2, 0.25) is 0 Å². The number of carbonyl (C=O) groups excluding carboxylic acids is 1. The first-order chi connectivity index (χ1) is 16.3. The molecule has 0 unspecified atom stereocenters. The summed E-state index contributed by atoms with van der Waals surface area (Å²) in [5, 5.41) is 17.0. The van der Waals surface area contributed by atoms with Crippen molar-refractivity contribution in [1.82, 2.24) is 25.1 Å². The number of benzene rings is 1. The fourth-order valence-electron chi connectivity index (χ4n) is 3.81. The molecule has 10 nitrogen and oxygen atoms in total. The van der Waals surface area contributed by atoms with Crippen LogP contribution in [-0.2, 0) is 12.0 Å². The molecule has 0 spiro atoms. The first kappa shape index (κ1) is 23.4. The number of aliphatic hydroxyl groups excluding tert-OH is 1. The van der Waals surface area contributed by atoms with Gasteiger partial charge in [0, 0.05) is 28.9 Å². The summed E-state index contributed by atoms with van der Waals surface area (Å²) in [4.78, 5) is 26.3. The molecular weight excluding hydrogens is 436 g/mol. The highest BCUT2D eigenvalue weighted by molar-refractivity contribution is 6.11. The van der Waals surface area contributed by atoms with Crippen LogP contribution in [0, 0.1) is 0 Å². The van der Waals surface area contributed by atoms with Crippen molar-refractivity contribution in [3.63, 3.8) is 0 Å². The van der Waals surface area contributed by atoms with Crippen molar-refractivity contribution in [3.05, 3.63) is 47.5 Å². The lowest BCUT2D eigenvalue weighted by molar-refractivity contribution is 0.0948. The predicted octanol–water partition coefficient (Wildman–Crippen LogP) is 2.51. The van der Waals surface area contributed by atoms with Crippen LogP contribution in [-0.4, -0.2) is 63.8 Å². The van der Waals surface area contributed by atoms with Gasteiger partial charge in [0.15, 0.2) is 5.69 Å². The third-order valence-corrected chi connectivity index (χ3v) is 5.48. The van der Waals surface area contributed by atoms with E-state index < -0.39 is 0 Å². The predicted molar refractivity (Wildman–Crippen MR) is 127 cm³/mol. The average molecular weight is 465 g/mol. The molecule has 2 N–H and O–H groups in total. The Labute approximate surface area is 197 Å². The molecule has 4 rings (SSSR count). The van der Waals surface area contributed by atoms with E-state index in [1.807, 2.05) is 39.0 Å². The highest BCUT2D eigenvalue weighted by Crippen LogP contribution is 2.36. The van der Waals surface area contributed by atoms with Gasteiger partial charge in [-0.3, -0.25) is 9.48 Å². The summed E-state index contributed by atoms with van der Waals surface area (Å²) >= 11 is 0. The molecular formula is C24H28N6O4. The zero-order valence-electron chi connectivity index (χ0n) is 19.9. The molecule has 0 radical (unpaired) electrons. The van der Waals surface area contributed by atoms with E-state index in [4.69, 9.17) is 14.5 Å². The van der Waals surface area contributed by atoms with E-state index in [9.17, 15) is 9.90 Å². The number of ether oxygens (including phenoxy) is 2. The summed E-state index contributed by atoms with van der Waals surface area (Å²) in [6, 6.07) is 5.97. The third-order valence-electron chi connectivity index (χ3n) is 5.48. The van der Waals surface area contributed by atoms with E-state index in [2.05, 4.69) is 20.4 Å². The zero-order valence-corrected chi connectivity index (χ0v) is 19.9. The summed E-state index contributed by atoms with van der Waals surface area (Å²) in [7, 11) is 3.11. The second-order valence-corrected chi connectivity index (χ2v) is 8.86. The monoisotopic (exact) mass is 464 g/mol. The number of nitrogens with one attached hydrogen (secondary N) is 1. The molecule has 10 heteroatoms. The summed E-state index contributed by atoms with van der Waals surface area (Å²) in [5.41, 5.74) is 4.26. The van der Waals surface area contributed by atoms with Crippen LogP contribution >= 0.6 is 0 Å². The van der Waals surface area contributed by atoms with Crippen molar-refractivity contribution in [3.8, 4) is 22.9 Å². The van der Waals surface area contributed by atoms with Crippen molar-refractivity contribution < 1.29 is 19.4 Å². The van der Waals surface area contributed by atoms with Gasteiger partial charge in [-0.2, -0.15) is 5.10 Å². The van der Waals surface area contributed by atoms with Crippen molar-refractivity contribution in [1.29, 1.82) is 0 Å². The summed E-state index contributed by atoms with van der Waals surface area (Å²) in [6.07, 6.45) is 3.33. The quantitative estimate of drug-likeness (QED) is 0.574.